The van der Waals surface area contributed by atoms with Crippen LogP contribution < -0.4 is 0 Å². The lowest BCUT2D eigenvalue weighted by atomic mass is 10.0. The molecule has 3 nitrogen and oxygen atoms in total. The summed E-state index contributed by atoms with van der Waals surface area (Å²) in [7, 11) is 1.98. The molecule has 1 unspecified atom stereocenters. The first kappa shape index (κ1) is 13.9. The number of rotatable bonds is 1. The predicted molar refractivity (Wildman–Crippen MR) is 68.7 cm³/mol. The number of aliphatic hydroxyl groups is 1. The Labute approximate surface area is 110 Å². The van der Waals surface area contributed by atoms with E-state index in [1.54, 1.807) is 0 Å². The Balaban J connectivity index is 0.00000128. The van der Waals surface area contributed by atoms with Crippen LogP contribution in [0.1, 0.15) is 5.56 Å². The first-order valence-corrected chi connectivity index (χ1v) is 5.70. The lowest BCUT2D eigenvalue weighted by Gasteiger charge is -2.37. The minimum atomic E-state index is -1.16. The highest BCUT2D eigenvalue weighted by atomic mass is 79.9. The van der Waals surface area contributed by atoms with Gasteiger partial charge in [-0.1, -0.05) is 28.1 Å². The van der Waals surface area contributed by atoms with Gasteiger partial charge in [0.05, 0.1) is 13.2 Å². The third-order valence-electron chi connectivity index (χ3n) is 2.59. The van der Waals surface area contributed by atoms with Gasteiger partial charge in [0.2, 0.25) is 5.79 Å². The van der Waals surface area contributed by atoms with Crippen molar-refractivity contribution in [3.63, 3.8) is 0 Å². The quantitative estimate of drug-likeness (QED) is 0.861. The van der Waals surface area contributed by atoms with E-state index in [9.17, 15) is 5.11 Å². The molecule has 0 spiro atoms. The van der Waals surface area contributed by atoms with Gasteiger partial charge in [-0.05, 0) is 19.2 Å². The third-order valence-corrected chi connectivity index (χ3v) is 3.12. The number of likely N-dealkylation sites (N-methyl/N-ethyl adjacent to an activating group) is 1. The van der Waals surface area contributed by atoms with Gasteiger partial charge < -0.3 is 9.84 Å². The summed E-state index contributed by atoms with van der Waals surface area (Å²) in [6.07, 6.45) is 0. The van der Waals surface area contributed by atoms with Crippen LogP contribution in [0.3, 0.4) is 0 Å². The molecule has 1 N–H and O–H groups in total. The van der Waals surface area contributed by atoms with Crippen molar-refractivity contribution < 1.29 is 9.84 Å². The highest BCUT2D eigenvalue weighted by Crippen LogP contribution is 2.27. The Bertz CT molecular complexity index is 346. The largest absolute Gasteiger partial charge is 0.361 e. The molecule has 1 aliphatic rings. The summed E-state index contributed by atoms with van der Waals surface area (Å²) in [6.45, 7) is 1.93. The highest BCUT2D eigenvalue weighted by molar-refractivity contribution is 9.10. The van der Waals surface area contributed by atoms with Crippen LogP contribution in [0.15, 0.2) is 28.7 Å². The molecule has 1 atom stereocenters. The molecule has 0 aliphatic carbocycles. The molecule has 0 radical (unpaired) electrons. The van der Waals surface area contributed by atoms with Crippen molar-refractivity contribution in [2.45, 2.75) is 5.79 Å². The van der Waals surface area contributed by atoms with Crippen LogP contribution in [0.25, 0.3) is 0 Å². The van der Waals surface area contributed by atoms with Crippen LogP contribution in [0.4, 0.5) is 0 Å². The van der Waals surface area contributed by atoms with Gasteiger partial charge in [-0.2, -0.15) is 0 Å². The highest BCUT2D eigenvalue weighted by Gasteiger charge is 2.34. The number of hydrogen-bond acceptors (Lipinski definition) is 3. The number of hydrogen-bond donors (Lipinski definition) is 1. The van der Waals surface area contributed by atoms with Gasteiger partial charge in [0, 0.05) is 16.6 Å². The number of morpholine rings is 1. The Morgan fingerprint density at radius 1 is 1.38 bits per heavy atom. The van der Waals surface area contributed by atoms with Crippen molar-refractivity contribution in [3.05, 3.63) is 34.3 Å². The van der Waals surface area contributed by atoms with Crippen LogP contribution in [0.2, 0.25) is 0 Å². The van der Waals surface area contributed by atoms with Crippen LogP contribution in [0.5, 0.6) is 0 Å². The fraction of sp³-hybridized carbons (Fsp3) is 0.455. The molecule has 0 bridgehead atoms. The van der Waals surface area contributed by atoms with Crippen LogP contribution >= 0.6 is 28.3 Å². The second kappa shape index (κ2) is 5.47. The molecule has 5 heteroatoms. The van der Waals surface area contributed by atoms with E-state index < -0.39 is 5.79 Å². The lowest BCUT2D eigenvalue weighted by molar-refractivity contribution is -0.245. The van der Waals surface area contributed by atoms with E-state index in [1.807, 2.05) is 31.3 Å². The molecule has 1 saturated heterocycles. The summed E-state index contributed by atoms with van der Waals surface area (Å²) < 4.78 is 6.46. The average molecular weight is 309 g/mol. The van der Waals surface area contributed by atoms with E-state index in [0.29, 0.717) is 13.2 Å². The molecule has 0 amide bonds. The molecule has 1 heterocycles. The molecular formula is C11H15BrClNO2. The first-order chi connectivity index (χ1) is 7.10. The Morgan fingerprint density at radius 2 is 2.00 bits per heavy atom. The Morgan fingerprint density at radius 3 is 2.56 bits per heavy atom. The van der Waals surface area contributed by atoms with Crippen LogP contribution in [0, 0.1) is 0 Å². The van der Waals surface area contributed by atoms with Gasteiger partial charge in [-0.3, -0.25) is 4.90 Å². The zero-order valence-electron chi connectivity index (χ0n) is 9.02. The monoisotopic (exact) mass is 307 g/mol. The van der Waals surface area contributed by atoms with Crippen molar-refractivity contribution in [2.24, 2.45) is 0 Å². The van der Waals surface area contributed by atoms with Crippen molar-refractivity contribution >= 4 is 28.3 Å². The summed E-state index contributed by atoms with van der Waals surface area (Å²) in [5, 5.41) is 10.3. The maximum absolute atomic E-state index is 10.3. The standard InChI is InChI=1S/C11H14BrNO2.ClH/c1-13-6-7-15-11(14,8-13)9-2-4-10(12)5-3-9;/h2-5,14H,6-8H2,1H3;1H. The van der Waals surface area contributed by atoms with E-state index in [1.165, 1.54) is 0 Å². The van der Waals surface area contributed by atoms with E-state index in [0.717, 1.165) is 16.6 Å². The second-order valence-corrected chi connectivity index (χ2v) is 4.79. The number of ether oxygens (including phenoxy) is 1. The summed E-state index contributed by atoms with van der Waals surface area (Å²) in [5.41, 5.74) is 0.803. The van der Waals surface area contributed by atoms with E-state index >= 15 is 0 Å². The van der Waals surface area contributed by atoms with Crippen LogP contribution in [-0.4, -0.2) is 36.8 Å². The molecule has 90 valence electrons. The average Bonchev–Trinajstić information content (AvgIpc) is 2.18. The molecule has 1 aromatic carbocycles. The Hall–Kier alpha value is -0.130. The normalized spacial score (nSPS) is 26.2. The topological polar surface area (TPSA) is 32.7 Å². The molecule has 1 aliphatic heterocycles. The van der Waals surface area contributed by atoms with Crippen molar-refractivity contribution in [1.82, 2.24) is 4.90 Å². The summed E-state index contributed by atoms with van der Waals surface area (Å²) in [5.74, 6) is -1.16. The molecule has 1 aromatic rings. The van der Waals surface area contributed by atoms with Crippen molar-refractivity contribution in [2.75, 3.05) is 26.7 Å². The second-order valence-electron chi connectivity index (χ2n) is 3.88. The lowest BCUT2D eigenvalue weighted by Crippen LogP contribution is -2.48. The van der Waals surface area contributed by atoms with Gasteiger partial charge in [0.25, 0.3) is 0 Å². The van der Waals surface area contributed by atoms with Gasteiger partial charge in [-0.15, -0.1) is 12.4 Å². The molecule has 1 fully saturated rings. The minimum Gasteiger partial charge on any atom is -0.361 e. The number of nitrogens with zero attached hydrogens (tertiary/aromatic N) is 1. The zero-order chi connectivity index (χ0) is 10.9. The summed E-state index contributed by atoms with van der Waals surface area (Å²) in [4.78, 5) is 2.06. The van der Waals surface area contributed by atoms with Crippen molar-refractivity contribution in [3.8, 4) is 0 Å². The first-order valence-electron chi connectivity index (χ1n) is 4.91. The molecule has 0 aromatic heterocycles. The zero-order valence-corrected chi connectivity index (χ0v) is 11.4. The maximum Gasteiger partial charge on any atom is 0.205 e. The Kier molecular flexibility index (Phi) is 4.76. The van der Waals surface area contributed by atoms with Crippen molar-refractivity contribution in [1.29, 1.82) is 0 Å². The predicted octanol–water partition coefficient (Wildman–Crippen LogP) is 1.98. The van der Waals surface area contributed by atoms with Crippen LogP contribution in [-0.2, 0) is 10.5 Å². The van der Waals surface area contributed by atoms with Gasteiger partial charge in [-0.25, -0.2) is 0 Å². The fourth-order valence-corrected chi connectivity index (χ4v) is 2.01. The number of benzene rings is 1. The van der Waals surface area contributed by atoms with Gasteiger partial charge in [0.1, 0.15) is 0 Å². The van der Waals surface area contributed by atoms with E-state index in [2.05, 4.69) is 20.8 Å². The summed E-state index contributed by atoms with van der Waals surface area (Å²) in [6, 6.07) is 7.57. The van der Waals surface area contributed by atoms with E-state index in [-0.39, 0.29) is 12.4 Å². The van der Waals surface area contributed by atoms with Gasteiger partial charge in [0.15, 0.2) is 0 Å². The molecule has 0 saturated carbocycles. The summed E-state index contributed by atoms with van der Waals surface area (Å²) >= 11 is 3.37. The third kappa shape index (κ3) is 2.96. The SMILES string of the molecule is CN1CCOC(O)(c2ccc(Br)cc2)C1.Cl. The van der Waals surface area contributed by atoms with Gasteiger partial charge >= 0.3 is 0 Å². The fourth-order valence-electron chi connectivity index (χ4n) is 1.75. The maximum atomic E-state index is 10.3. The number of halogens is 2. The number of β-amino-alcohol motifs (C(OH)–C–C–N with tert-alkyl or cyclic N) is 1. The molecule has 2 rings (SSSR count). The molecular weight excluding hydrogens is 293 g/mol. The smallest absolute Gasteiger partial charge is 0.205 e. The van der Waals surface area contributed by atoms with E-state index in [4.69, 9.17) is 4.74 Å². The minimum absolute atomic E-state index is 0. The molecule has 16 heavy (non-hydrogen) atoms.